The summed E-state index contributed by atoms with van der Waals surface area (Å²) in [5.74, 6) is 0.495. The van der Waals surface area contributed by atoms with E-state index in [0.717, 1.165) is 31.9 Å². The topological polar surface area (TPSA) is 39.6 Å². The van der Waals surface area contributed by atoms with Gasteiger partial charge in [0.2, 0.25) is 0 Å². The van der Waals surface area contributed by atoms with Gasteiger partial charge in [0, 0.05) is 37.4 Å². The van der Waals surface area contributed by atoms with Crippen molar-refractivity contribution in [3.05, 3.63) is 23.4 Å². The Kier molecular flexibility index (Phi) is 3.13. The SMILES string of the molecule is CN1CCN2c3ncc(C(F)(F)F)cc3[C@H](O)C[C@H]2C1. The lowest BCUT2D eigenvalue weighted by Gasteiger charge is -2.45. The van der Waals surface area contributed by atoms with E-state index in [1.807, 2.05) is 11.9 Å². The zero-order valence-corrected chi connectivity index (χ0v) is 11.1. The molecule has 0 spiro atoms. The Morgan fingerprint density at radius 1 is 1.35 bits per heavy atom. The summed E-state index contributed by atoms with van der Waals surface area (Å²) in [6.07, 6.45) is -4.01. The Balaban J connectivity index is 1.99. The fraction of sp³-hybridized carbons (Fsp3) is 0.615. The molecule has 2 atom stereocenters. The number of piperazine rings is 1. The summed E-state index contributed by atoms with van der Waals surface area (Å²) in [7, 11) is 2.00. The van der Waals surface area contributed by atoms with Crippen LogP contribution in [-0.4, -0.2) is 47.7 Å². The van der Waals surface area contributed by atoms with Crippen molar-refractivity contribution in [3.8, 4) is 0 Å². The highest BCUT2D eigenvalue weighted by Gasteiger charge is 2.38. The van der Waals surface area contributed by atoms with E-state index in [4.69, 9.17) is 0 Å². The average molecular weight is 287 g/mol. The Morgan fingerprint density at radius 3 is 2.80 bits per heavy atom. The molecule has 2 aliphatic rings. The van der Waals surface area contributed by atoms with Gasteiger partial charge in [0.1, 0.15) is 5.82 Å². The van der Waals surface area contributed by atoms with E-state index < -0.39 is 17.8 Å². The third-order valence-corrected chi connectivity index (χ3v) is 4.03. The molecule has 20 heavy (non-hydrogen) atoms. The van der Waals surface area contributed by atoms with Crippen LogP contribution in [0.3, 0.4) is 0 Å². The molecule has 0 radical (unpaired) electrons. The lowest BCUT2D eigenvalue weighted by Crippen LogP contribution is -2.54. The molecule has 1 N–H and O–H groups in total. The van der Waals surface area contributed by atoms with Gasteiger partial charge < -0.3 is 14.9 Å². The molecule has 0 aromatic carbocycles. The number of fused-ring (bicyclic) bond motifs is 3. The average Bonchev–Trinajstić information content (AvgIpc) is 2.37. The second kappa shape index (κ2) is 4.60. The van der Waals surface area contributed by atoms with Crippen LogP contribution in [0.2, 0.25) is 0 Å². The van der Waals surface area contributed by atoms with Gasteiger partial charge in [-0.3, -0.25) is 0 Å². The predicted octanol–water partition coefficient (Wildman–Crippen LogP) is 1.66. The Labute approximate surface area is 114 Å². The molecule has 3 heterocycles. The fourth-order valence-electron chi connectivity index (χ4n) is 2.99. The second-order valence-electron chi connectivity index (χ2n) is 5.50. The maximum atomic E-state index is 12.7. The van der Waals surface area contributed by atoms with Gasteiger partial charge >= 0.3 is 6.18 Å². The van der Waals surface area contributed by atoms with Gasteiger partial charge in [0.15, 0.2) is 0 Å². The van der Waals surface area contributed by atoms with Gasteiger partial charge in [-0.05, 0) is 19.5 Å². The summed E-state index contributed by atoms with van der Waals surface area (Å²) < 4.78 is 38.2. The summed E-state index contributed by atoms with van der Waals surface area (Å²) in [5, 5.41) is 10.1. The molecule has 3 rings (SSSR count). The molecule has 0 aliphatic carbocycles. The minimum Gasteiger partial charge on any atom is -0.388 e. The minimum absolute atomic E-state index is 0.112. The number of alkyl halides is 3. The molecule has 1 aromatic rings. The smallest absolute Gasteiger partial charge is 0.388 e. The molecule has 110 valence electrons. The van der Waals surface area contributed by atoms with Crippen LogP contribution in [0, 0.1) is 0 Å². The van der Waals surface area contributed by atoms with Crippen molar-refractivity contribution >= 4 is 5.82 Å². The number of halogens is 3. The van der Waals surface area contributed by atoms with Crippen molar-refractivity contribution in [1.29, 1.82) is 0 Å². The van der Waals surface area contributed by atoms with Crippen molar-refractivity contribution in [2.45, 2.75) is 24.7 Å². The first kappa shape index (κ1) is 13.6. The van der Waals surface area contributed by atoms with Crippen LogP contribution in [0.15, 0.2) is 12.3 Å². The quantitative estimate of drug-likeness (QED) is 0.788. The van der Waals surface area contributed by atoms with Crippen LogP contribution in [0.25, 0.3) is 0 Å². The second-order valence-corrected chi connectivity index (χ2v) is 5.50. The Bertz CT molecular complexity index is 520. The first-order valence-electron chi connectivity index (χ1n) is 6.56. The Morgan fingerprint density at radius 2 is 2.10 bits per heavy atom. The van der Waals surface area contributed by atoms with E-state index >= 15 is 0 Å². The van der Waals surface area contributed by atoms with Crippen LogP contribution in [0.5, 0.6) is 0 Å². The van der Waals surface area contributed by atoms with Crippen molar-refractivity contribution in [2.75, 3.05) is 31.6 Å². The molecule has 1 aromatic heterocycles. The number of rotatable bonds is 0. The summed E-state index contributed by atoms with van der Waals surface area (Å²) in [4.78, 5) is 8.14. The molecule has 1 saturated heterocycles. The Hall–Kier alpha value is -1.34. The zero-order valence-electron chi connectivity index (χ0n) is 11.1. The van der Waals surface area contributed by atoms with Gasteiger partial charge in [-0.25, -0.2) is 4.98 Å². The van der Waals surface area contributed by atoms with Crippen molar-refractivity contribution in [1.82, 2.24) is 9.88 Å². The van der Waals surface area contributed by atoms with E-state index in [1.54, 1.807) is 0 Å². The monoisotopic (exact) mass is 287 g/mol. The van der Waals surface area contributed by atoms with Crippen molar-refractivity contribution in [2.24, 2.45) is 0 Å². The van der Waals surface area contributed by atoms with Gasteiger partial charge in [0.25, 0.3) is 0 Å². The number of pyridine rings is 1. The first-order chi connectivity index (χ1) is 9.36. The van der Waals surface area contributed by atoms with Gasteiger partial charge in [-0.2, -0.15) is 13.2 Å². The maximum absolute atomic E-state index is 12.7. The lowest BCUT2D eigenvalue weighted by atomic mass is 9.93. The van der Waals surface area contributed by atoms with Gasteiger partial charge in [-0.1, -0.05) is 0 Å². The van der Waals surface area contributed by atoms with Crippen LogP contribution in [0.1, 0.15) is 23.7 Å². The van der Waals surface area contributed by atoms with Crippen LogP contribution < -0.4 is 4.90 Å². The number of nitrogens with zero attached hydrogens (tertiary/aromatic N) is 3. The van der Waals surface area contributed by atoms with Crippen molar-refractivity contribution < 1.29 is 18.3 Å². The standard InChI is InChI=1S/C13H16F3N3O/c1-18-2-3-19-9(7-18)5-11(20)10-4-8(13(14,15)16)6-17-12(10)19/h4,6,9,11,20H,2-3,5,7H2,1H3/t9-,11+/m0/s1. The number of likely N-dealkylation sites (N-methyl/N-ethyl adjacent to an activating group) is 1. The van der Waals surface area contributed by atoms with Gasteiger partial charge in [-0.15, -0.1) is 0 Å². The number of aromatic nitrogens is 1. The lowest BCUT2D eigenvalue weighted by molar-refractivity contribution is -0.137. The highest BCUT2D eigenvalue weighted by molar-refractivity contribution is 5.53. The van der Waals surface area contributed by atoms with Crippen molar-refractivity contribution in [3.63, 3.8) is 0 Å². The zero-order chi connectivity index (χ0) is 14.5. The van der Waals surface area contributed by atoms with Crippen LogP contribution in [-0.2, 0) is 6.18 Å². The highest BCUT2D eigenvalue weighted by atomic mass is 19.4. The molecule has 0 unspecified atom stereocenters. The molecule has 0 saturated carbocycles. The summed E-state index contributed by atoms with van der Waals surface area (Å²) in [5.41, 5.74) is -0.511. The first-order valence-corrected chi connectivity index (χ1v) is 6.56. The molecular weight excluding hydrogens is 271 g/mol. The predicted molar refractivity (Wildman–Crippen MR) is 67.4 cm³/mol. The van der Waals surface area contributed by atoms with E-state index in [1.165, 1.54) is 0 Å². The number of hydrogen-bond donors (Lipinski definition) is 1. The molecule has 0 amide bonds. The van der Waals surface area contributed by atoms with E-state index in [-0.39, 0.29) is 6.04 Å². The number of aliphatic hydroxyl groups is 1. The molecule has 1 fully saturated rings. The fourth-order valence-corrected chi connectivity index (χ4v) is 2.99. The van der Waals surface area contributed by atoms with E-state index in [0.29, 0.717) is 17.8 Å². The molecule has 4 nitrogen and oxygen atoms in total. The maximum Gasteiger partial charge on any atom is 0.417 e. The van der Waals surface area contributed by atoms with Crippen LogP contribution in [0.4, 0.5) is 19.0 Å². The largest absolute Gasteiger partial charge is 0.417 e. The number of anilines is 1. The summed E-state index contributed by atoms with van der Waals surface area (Å²) >= 11 is 0. The third-order valence-electron chi connectivity index (χ3n) is 4.03. The number of aliphatic hydroxyl groups excluding tert-OH is 1. The minimum atomic E-state index is -4.43. The summed E-state index contributed by atoms with van der Waals surface area (Å²) in [6, 6.07) is 1.14. The molecular formula is C13H16F3N3O. The summed E-state index contributed by atoms with van der Waals surface area (Å²) in [6.45, 7) is 2.35. The van der Waals surface area contributed by atoms with Gasteiger partial charge in [0.05, 0.1) is 11.7 Å². The van der Waals surface area contributed by atoms with E-state index in [9.17, 15) is 18.3 Å². The highest BCUT2D eigenvalue weighted by Crippen LogP contribution is 2.39. The van der Waals surface area contributed by atoms with E-state index in [2.05, 4.69) is 9.88 Å². The normalized spacial score (nSPS) is 27.1. The number of hydrogen-bond acceptors (Lipinski definition) is 4. The molecule has 2 aliphatic heterocycles. The molecule has 0 bridgehead atoms. The molecule has 7 heteroatoms. The van der Waals surface area contributed by atoms with Crippen LogP contribution >= 0.6 is 0 Å². The third kappa shape index (κ3) is 2.25.